The van der Waals surface area contributed by atoms with Gasteiger partial charge in [0, 0.05) is 18.5 Å². The van der Waals surface area contributed by atoms with Gasteiger partial charge in [-0.1, -0.05) is 11.6 Å². The number of nitrogens with two attached hydrogens (primary N) is 1. The average Bonchev–Trinajstić information content (AvgIpc) is 2.28. The van der Waals surface area contributed by atoms with Gasteiger partial charge >= 0.3 is 0 Å². The number of hydrogen-bond acceptors (Lipinski definition) is 3. The predicted molar refractivity (Wildman–Crippen MR) is 65.5 cm³/mol. The number of alkyl halides is 1. The monoisotopic (exact) mass is 262 g/mol. The molecule has 0 radical (unpaired) electrons. The minimum Gasteiger partial charge on any atom is -0.496 e. The van der Waals surface area contributed by atoms with Crippen molar-refractivity contribution in [3.8, 4) is 5.75 Å². The number of carbonyl (C=O) groups excluding carboxylic acids is 1. The summed E-state index contributed by atoms with van der Waals surface area (Å²) in [5.41, 5.74) is 6.31. The van der Waals surface area contributed by atoms with Gasteiger partial charge in [-0.3, -0.25) is 4.79 Å². The molecule has 88 valence electrons. The average molecular weight is 263 g/mol. The first-order valence-electron chi connectivity index (χ1n) is 4.57. The zero-order valence-electron chi connectivity index (χ0n) is 8.72. The molecule has 0 unspecified atom stereocenters. The second-order valence-electron chi connectivity index (χ2n) is 3.02. The molecule has 0 aliphatic rings. The van der Waals surface area contributed by atoms with E-state index in [-0.39, 0.29) is 5.91 Å². The number of rotatable bonds is 4. The maximum atomic E-state index is 11.7. The lowest BCUT2D eigenvalue weighted by atomic mass is 10.1. The Hall–Kier alpha value is -1.13. The van der Waals surface area contributed by atoms with E-state index in [0.29, 0.717) is 34.4 Å². The van der Waals surface area contributed by atoms with Crippen molar-refractivity contribution in [1.82, 2.24) is 5.32 Å². The number of benzene rings is 1. The summed E-state index contributed by atoms with van der Waals surface area (Å²) in [6, 6.07) is 2.98. The van der Waals surface area contributed by atoms with Crippen molar-refractivity contribution < 1.29 is 9.53 Å². The van der Waals surface area contributed by atoms with Crippen LogP contribution in [0.2, 0.25) is 5.02 Å². The van der Waals surface area contributed by atoms with Gasteiger partial charge in [-0.15, -0.1) is 11.6 Å². The Kier molecular flexibility index (Phi) is 4.71. The molecule has 3 N–H and O–H groups in total. The standard InChI is InChI=1S/C10H12Cl2N2O2/c1-16-9-5-8(13)7(12)4-6(9)10(15)14-3-2-11/h4-5H,2-3,13H2,1H3,(H,14,15). The third kappa shape index (κ3) is 2.93. The van der Waals surface area contributed by atoms with E-state index in [1.807, 2.05) is 0 Å². The number of nitrogens with one attached hydrogen (secondary N) is 1. The highest BCUT2D eigenvalue weighted by molar-refractivity contribution is 6.33. The van der Waals surface area contributed by atoms with E-state index in [2.05, 4.69) is 5.32 Å². The van der Waals surface area contributed by atoms with Crippen molar-refractivity contribution in [2.75, 3.05) is 25.3 Å². The van der Waals surface area contributed by atoms with Crippen LogP contribution in [0.3, 0.4) is 0 Å². The molecule has 0 aliphatic heterocycles. The first-order valence-corrected chi connectivity index (χ1v) is 5.48. The van der Waals surface area contributed by atoms with Crippen LogP contribution in [0.15, 0.2) is 12.1 Å². The number of halogens is 2. The molecule has 1 aromatic rings. The molecule has 0 aliphatic carbocycles. The molecule has 0 heterocycles. The van der Waals surface area contributed by atoms with E-state index in [1.54, 1.807) is 0 Å². The van der Waals surface area contributed by atoms with Crippen LogP contribution < -0.4 is 15.8 Å². The normalized spacial score (nSPS) is 9.94. The van der Waals surface area contributed by atoms with Crippen LogP contribution in [-0.2, 0) is 0 Å². The van der Waals surface area contributed by atoms with Gasteiger partial charge in [-0.2, -0.15) is 0 Å². The molecule has 4 nitrogen and oxygen atoms in total. The largest absolute Gasteiger partial charge is 0.496 e. The zero-order valence-corrected chi connectivity index (χ0v) is 10.2. The van der Waals surface area contributed by atoms with Gasteiger partial charge in [0.1, 0.15) is 5.75 Å². The molecule has 1 rings (SSSR count). The highest BCUT2D eigenvalue weighted by Crippen LogP contribution is 2.28. The summed E-state index contributed by atoms with van der Waals surface area (Å²) in [5, 5.41) is 2.94. The third-order valence-corrected chi connectivity index (χ3v) is 2.46. The van der Waals surface area contributed by atoms with Crippen molar-refractivity contribution in [3.05, 3.63) is 22.7 Å². The Bertz CT molecular complexity index is 397. The number of anilines is 1. The van der Waals surface area contributed by atoms with Crippen LogP contribution in [0.5, 0.6) is 5.75 Å². The molecule has 0 spiro atoms. The summed E-state index contributed by atoms with van der Waals surface area (Å²) in [5.74, 6) is 0.435. The van der Waals surface area contributed by atoms with Gasteiger partial charge in [0.05, 0.1) is 23.4 Å². The maximum Gasteiger partial charge on any atom is 0.255 e. The molecule has 6 heteroatoms. The summed E-state index contributed by atoms with van der Waals surface area (Å²) < 4.78 is 5.05. The lowest BCUT2D eigenvalue weighted by molar-refractivity contribution is 0.0953. The van der Waals surface area contributed by atoms with Crippen molar-refractivity contribution in [1.29, 1.82) is 0 Å². The smallest absolute Gasteiger partial charge is 0.255 e. The number of ether oxygens (including phenoxy) is 1. The fourth-order valence-electron chi connectivity index (χ4n) is 1.17. The Morgan fingerprint density at radius 3 is 2.81 bits per heavy atom. The fourth-order valence-corrected chi connectivity index (χ4v) is 1.43. The minimum absolute atomic E-state index is 0.292. The van der Waals surface area contributed by atoms with E-state index in [4.69, 9.17) is 33.7 Å². The van der Waals surface area contributed by atoms with Crippen LogP contribution in [0, 0.1) is 0 Å². The predicted octanol–water partition coefficient (Wildman–Crippen LogP) is 1.90. The van der Waals surface area contributed by atoms with Crippen molar-refractivity contribution in [3.63, 3.8) is 0 Å². The van der Waals surface area contributed by atoms with E-state index >= 15 is 0 Å². The first kappa shape index (κ1) is 12.9. The fraction of sp³-hybridized carbons (Fsp3) is 0.300. The van der Waals surface area contributed by atoms with Crippen LogP contribution in [0.25, 0.3) is 0 Å². The Balaban J connectivity index is 3.02. The van der Waals surface area contributed by atoms with Crippen molar-refractivity contribution in [2.45, 2.75) is 0 Å². The van der Waals surface area contributed by atoms with Crippen LogP contribution >= 0.6 is 23.2 Å². The molecule has 0 aromatic heterocycles. The molecule has 1 aromatic carbocycles. The molecular weight excluding hydrogens is 251 g/mol. The molecule has 0 saturated carbocycles. The van der Waals surface area contributed by atoms with Crippen LogP contribution in [0.1, 0.15) is 10.4 Å². The third-order valence-electron chi connectivity index (χ3n) is 1.94. The Labute approximate surface area is 104 Å². The SMILES string of the molecule is COc1cc(N)c(Cl)cc1C(=O)NCCCl. The topological polar surface area (TPSA) is 64.3 Å². The molecule has 16 heavy (non-hydrogen) atoms. The molecule has 0 fully saturated rings. The molecule has 0 saturated heterocycles. The first-order chi connectivity index (χ1) is 7.60. The molecule has 0 atom stereocenters. The summed E-state index contributed by atoms with van der Waals surface area (Å²) in [7, 11) is 1.46. The molecule has 1 amide bonds. The number of amides is 1. The van der Waals surface area contributed by atoms with Crippen molar-refractivity contribution >= 4 is 34.8 Å². The van der Waals surface area contributed by atoms with Gasteiger partial charge in [0.2, 0.25) is 0 Å². The molecule has 0 bridgehead atoms. The maximum absolute atomic E-state index is 11.7. The number of carbonyl (C=O) groups is 1. The van der Waals surface area contributed by atoms with Gasteiger partial charge < -0.3 is 15.8 Å². The van der Waals surface area contributed by atoms with Gasteiger partial charge in [0.15, 0.2) is 0 Å². The van der Waals surface area contributed by atoms with E-state index in [0.717, 1.165) is 0 Å². The number of methoxy groups -OCH3 is 1. The second kappa shape index (κ2) is 5.82. The second-order valence-corrected chi connectivity index (χ2v) is 3.80. The summed E-state index contributed by atoms with van der Waals surface area (Å²) in [6.07, 6.45) is 0. The highest BCUT2D eigenvalue weighted by atomic mass is 35.5. The lowest BCUT2D eigenvalue weighted by Gasteiger charge is -2.10. The van der Waals surface area contributed by atoms with Crippen molar-refractivity contribution in [2.24, 2.45) is 0 Å². The van der Waals surface area contributed by atoms with E-state index < -0.39 is 0 Å². The summed E-state index contributed by atoms with van der Waals surface area (Å²) >= 11 is 11.3. The number of nitrogen functional groups attached to an aromatic ring is 1. The highest BCUT2D eigenvalue weighted by Gasteiger charge is 2.14. The van der Waals surface area contributed by atoms with Gasteiger partial charge in [0.25, 0.3) is 5.91 Å². The number of hydrogen-bond donors (Lipinski definition) is 2. The summed E-state index contributed by atoms with van der Waals surface area (Å²) in [4.78, 5) is 11.7. The minimum atomic E-state index is -0.292. The Morgan fingerprint density at radius 2 is 2.25 bits per heavy atom. The quantitative estimate of drug-likeness (QED) is 0.644. The summed E-state index contributed by atoms with van der Waals surface area (Å²) in [6.45, 7) is 0.380. The van der Waals surface area contributed by atoms with Crippen LogP contribution in [0.4, 0.5) is 5.69 Å². The lowest BCUT2D eigenvalue weighted by Crippen LogP contribution is -2.25. The van der Waals surface area contributed by atoms with Crippen LogP contribution in [-0.4, -0.2) is 25.4 Å². The molecular formula is C10H12Cl2N2O2. The van der Waals surface area contributed by atoms with E-state index in [1.165, 1.54) is 19.2 Å². The Morgan fingerprint density at radius 1 is 1.56 bits per heavy atom. The zero-order chi connectivity index (χ0) is 12.1. The van der Waals surface area contributed by atoms with E-state index in [9.17, 15) is 4.79 Å². The van der Waals surface area contributed by atoms with Gasteiger partial charge in [-0.05, 0) is 6.07 Å². The van der Waals surface area contributed by atoms with Gasteiger partial charge in [-0.25, -0.2) is 0 Å².